The lowest BCUT2D eigenvalue weighted by molar-refractivity contribution is -0.155. The lowest BCUT2D eigenvalue weighted by Gasteiger charge is -2.23. The molecular formula is C29H45NO11. The predicted octanol–water partition coefficient (Wildman–Crippen LogP) is 5.71. The Morgan fingerprint density at radius 2 is 1.22 bits per heavy atom. The number of hydrogen-bond acceptors (Lipinski definition) is 12. The maximum Gasteiger partial charge on any atom is 0.513 e. The summed E-state index contributed by atoms with van der Waals surface area (Å²) in [6.07, 6.45) is -1.75. The predicted molar refractivity (Wildman–Crippen MR) is 149 cm³/mol. The maximum atomic E-state index is 12.7. The van der Waals surface area contributed by atoms with Gasteiger partial charge in [-0.15, -0.1) is 0 Å². The van der Waals surface area contributed by atoms with Crippen LogP contribution < -0.4 is 15.2 Å². The third-order valence-electron chi connectivity index (χ3n) is 6.05. The lowest BCUT2D eigenvalue weighted by Crippen LogP contribution is -2.39. The van der Waals surface area contributed by atoms with Crippen LogP contribution in [0.15, 0.2) is 18.2 Å². The molecule has 0 aliphatic heterocycles. The fourth-order valence-corrected chi connectivity index (χ4v) is 2.95. The molecule has 0 saturated heterocycles. The lowest BCUT2D eigenvalue weighted by atomic mass is 10.1. The highest BCUT2D eigenvalue weighted by molar-refractivity contribution is 5.76. The minimum atomic E-state index is -1.10. The van der Waals surface area contributed by atoms with E-state index in [0.717, 1.165) is 12.8 Å². The van der Waals surface area contributed by atoms with Gasteiger partial charge < -0.3 is 38.9 Å². The quantitative estimate of drug-likeness (QED) is 0.110. The van der Waals surface area contributed by atoms with Crippen molar-refractivity contribution < 1.29 is 52.3 Å². The van der Waals surface area contributed by atoms with E-state index < -0.39 is 42.7 Å². The van der Waals surface area contributed by atoms with Crippen molar-refractivity contribution >= 4 is 24.4 Å². The molecule has 1 aromatic rings. The topological polar surface area (TPSA) is 159 Å². The van der Waals surface area contributed by atoms with E-state index in [-0.39, 0.29) is 43.2 Å². The Kier molecular flexibility index (Phi) is 16.2. The summed E-state index contributed by atoms with van der Waals surface area (Å²) in [5.41, 5.74) is 6.56. The fourth-order valence-electron chi connectivity index (χ4n) is 2.95. The third kappa shape index (κ3) is 14.1. The molecular weight excluding hydrogens is 538 g/mol. The molecule has 2 unspecified atom stereocenters. The first-order valence-corrected chi connectivity index (χ1v) is 14.0. The Balaban J connectivity index is 2.86. The van der Waals surface area contributed by atoms with Gasteiger partial charge in [-0.2, -0.15) is 0 Å². The van der Waals surface area contributed by atoms with Gasteiger partial charge in [-0.05, 0) is 63.6 Å². The smallest absolute Gasteiger partial charge is 0.458 e. The zero-order valence-electron chi connectivity index (χ0n) is 25.1. The van der Waals surface area contributed by atoms with Crippen LogP contribution in [0.25, 0.3) is 0 Å². The summed E-state index contributed by atoms with van der Waals surface area (Å²) in [6.45, 7) is 12.9. The third-order valence-corrected chi connectivity index (χ3v) is 6.05. The van der Waals surface area contributed by atoms with Crippen molar-refractivity contribution in [2.75, 3.05) is 13.2 Å². The highest BCUT2D eigenvalue weighted by atomic mass is 16.8. The average Bonchev–Trinajstić information content (AvgIpc) is 2.90. The molecule has 0 saturated carbocycles. The molecule has 2 N–H and O–H groups in total. The minimum absolute atomic E-state index is 0.00277. The van der Waals surface area contributed by atoms with Gasteiger partial charge in [-0.25, -0.2) is 14.4 Å². The van der Waals surface area contributed by atoms with Gasteiger partial charge in [-0.3, -0.25) is 4.79 Å². The summed E-state index contributed by atoms with van der Waals surface area (Å²) in [5.74, 6) is -0.805. The normalized spacial score (nSPS) is 13.8. The fraction of sp³-hybridized carbons (Fsp3) is 0.655. The summed E-state index contributed by atoms with van der Waals surface area (Å²) in [7, 11) is 0. The van der Waals surface area contributed by atoms with Gasteiger partial charge in [-0.1, -0.05) is 46.6 Å². The molecule has 0 heterocycles. The van der Waals surface area contributed by atoms with E-state index in [1.54, 1.807) is 26.8 Å². The van der Waals surface area contributed by atoms with E-state index >= 15 is 0 Å². The van der Waals surface area contributed by atoms with Crippen LogP contribution in [0.1, 0.15) is 79.7 Å². The highest BCUT2D eigenvalue weighted by Gasteiger charge is 2.26. The molecule has 0 aliphatic rings. The second-order valence-electron chi connectivity index (χ2n) is 9.98. The van der Waals surface area contributed by atoms with Crippen LogP contribution in [0.3, 0.4) is 0 Å². The van der Waals surface area contributed by atoms with E-state index in [0.29, 0.717) is 18.4 Å². The van der Waals surface area contributed by atoms with Crippen molar-refractivity contribution in [3.63, 3.8) is 0 Å². The summed E-state index contributed by atoms with van der Waals surface area (Å²) < 4.78 is 36.3. The zero-order chi connectivity index (χ0) is 30.9. The van der Waals surface area contributed by atoms with Crippen LogP contribution in [-0.4, -0.2) is 62.0 Å². The van der Waals surface area contributed by atoms with Gasteiger partial charge in [0.2, 0.25) is 0 Å². The number of hydrogen-bond donors (Lipinski definition) is 1. The van der Waals surface area contributed by atoms with Crippen LogP contribution in [0.2, 0.25) is 0 Å². The maximum absolute atomic E-state index is 12.7. The average molecular weight is 584 g/mol. The van der Waals surface area contributed by atoms with Crippen LogP contribution in [0.4, 0.5) is 14.4 Å². The second kappa shape index (κ2) is 18.7. The van der Waals surface area contributed by atoms with Gasteiger partial charge in [0, 0.05) is 0 Å². The van der Waals surface area contributed by atoms with Gasteiger partial charge in [0.25, 0.3) is 0 Å². The Morgan fingerprint density at radius 3 is 1.76 bits per heavy atom. The summed E-state index contributed by atoms with van der Waals surface area (Å²) in [4.78, 5) is 48.9. The SMILES string of the molecule is CCCCOC(=O)Oc1ccc(C[C@H](N)C(=O)O[C@@H](C)C(C)OC(=O)OC(C)C(C)C)cc1OC(=O)OCCCC. The molecule has 0 bridgehead atoms. The van der Waals surface area contributed by atoms with Crippen molar-refractivity contribution in [3.8, 4) is 11.5 Å². The number of esters is 1. The first-order valence-electron chi connectivity index (χ1n) is 14.0. The number of ether oxygens (including phenoxy) is 7. The van der Waals surface area contributed by atoms with Crippen molar-refractivity contribution in [1.29, 1.82) is 0 Å². The van der Waals surface area contributed by atoms with Crippen molar-refractivity contribution in [2.24, 2.45) is 11.7 Å². The number of carbonyl (C=O) groups is 4. The summed E-state index contributed by atoms with van der Waals surface area (Å²) in [6, 6.07) is 3.25. The Labute approximate surface area is 242 Å². The number of benzene rings is 1. The number of rotatable bonds is 16. The highest BCUT2D eigenvalue weighted by Crippen LogP contribution is 2.30. The minimum Gasteiger partial charge on any atom is -0.458 e. The molecule has 1 aromatic carbocycles. The molecule has 1 rings (SSSR count). The molecule has 232 valence electrons. The second-order valence-corrected chi connectivity index (χ2v) is 9.98. The summed E-state index contributed by atoms with van der Waals surface area (Å²) in [5, 5.41) is 0. The van der Waals surface area contributed by atoms with E-state index in [4.69, 9.17) is 38.9 Å². The van der Waals surface area contributed by atoms with Gasteiger partial charge in [0.15, 0.2) is 11.5 Å². The van der Waals surface area contributed by atoms with Crippen molar-refractivity contribution in [3.05, 3.63) is 23.8 Å². The first-order chi connectivity index (χ1) is 19.4. The van der Waals surface area contributed by atoms with Crippen LogP contribution >= 0.6 is 0 Å². The molecule has 12 heteroatoms. The number of nitrogens with two attached hydrogens (primary N) is 1. The molecule has 4 atom stereocenters. The Morgan fingerprint density at radius 1 is 0.707 bits per heavy atom. The zero-order valence-corrected chi connectivity index (χ0v) is 25.1. The van der Waals surface area contributed by atoms with Crippen LogP contribution in [-0.2, 0) is 34.9 Å². The summed E-state index contributed by atoms with van der Waals surface area (Å²) >= 11 is 0. The molecule has 0 amide bonds. The molecule has 0 radical (unpaired) electrons. The largest absolute Gasteiger partial charge is 0.513 e. The Bertz CT molecular complexity index is 982. The Hall–Kier alpha value is -3.54. The molecule has 0 spiro atoms. The van der Waals surface area contributed by atoms with Crippen molar-refractivity contribution in [1.82, 2.24) is 0 Å². The number of carbonyl (C=O) groups excluding carboxylic acids is 4. The first kappa shape index (κ1) is 35.5. The molecule has 41 heavy (non-hydrogen) atoms. The standard InChI is InChI=1S/C29H45NO11/c1-8-10-14-35-27(32)40-24-13-12-22(17-25(24)41-28(33)36-15-11-9-2)16-23(30)26(31)37-20(6)21(7)39-29(34)38-19(5)18(3)4/h12-13,17-21,23H,8-11,14-16,30H2,1-7H3/t19?,20-,21?,23-/m0/s1. The van der Waals surface area contributed by atoms with Gasteiger partial charge in [0.1, 0.15) is 24.4 Å². The van der Waals surface area contributed by atoms with Crippen LogP contribution in [0.5, 0.6) is 11.5 Å². The van der Waals surface area contributed by atoms with E-state index in [2.05, 4.69) is 0 Å². The van der Waals surface area contributed by atoms with Gasteiger partial charge >= 0.3 is 24.4 Å². The molecule has 0 aliphatic carbocycles. The van der Waals surface area contributed by atoms with Gasteiger partial charge in [0.05, 0.1) is 13.2 Å². The van der Waals surface area contributed by atoms with Crippen molar-refractivity contribution in [2.45, 2.75) is 105 Å². The molecule has 12 nitrogen and oxygen atoms in total. The molecule has 0 aromatic heterocycles. The van der Waals surface area contributed by atoms with E-state index in [1.807, 2.05) is 27.7 Å². The molecule has 0 fully saturated rings. The number of unbranched alkanes of at least 4 members (excludes halogenated alkanes) is 2. The van der Waals surface area contributed by atoms with Crippen LogP contribution in [0, 0.1) is 5.92 Å². The van der Waals surface area contributed by atoms with E-state index in [9.17, 15) is 19.2 Å². The van der Waals surface area contributed by atoms with E-state index in [1.165, 1.54) is 12.1 Å². The monoisotopic (exact) mass is 583 g/mol.